The van der Waals surface area contributed by atoms with Crippen molar-refractivity contribution in [2.75, 3.05) is 26.9 Å². The van der Waals surface area contributed by atoms with Crippen LogP contribution in [0.25, 0.3) is 0 Å². The van der Waals surface area contributed by atoms with Crippen LogP contribution in [0.1, 0.15) is 133 Å². The summed E-state index contributed by atoms with van der Waals surface area (Å²) in [5.74, 6) is 3.35. The Bertz CT molecular complexity index is 816. The van der Waals surface area contributed by atoms with E-state index in [1.807, 2.05) is 0 Å². The van der Waals surface area contributed by atoms with E-state index in [-0.39, 0.29) is 12.2 Å². The first-order valence-corrected chi connectivity index (χ1v) is 16.1. The number of aliphatic hydroxyl groups excluding tert-OH is 1. The van der Waals surface area contributed by atoms with Crippen molar-refractivity contribution in [3.8, 4) is 0 Å². The lowest BCUT2D eigenvalue weighted by Gasteiger charge is -2.34. The Morgan fingerprint density at radius 3 is 1.97 bits per heavy atom. The van der Waals surface area contributed by atoms with Crippen LogP contribution in [0.5, 0.6) is 0 Å². The Morgan fingerprint density at radius 1 is 0.872 bits per heavy atom. The van der Waals surface area contributed by atoms with Gasteiger partial charge in [-0.2, -0.15) is 0 Å². The Hall–Kier alpha value is -1.65. The van der Waals surface area contributed by atoms with E-state index in [1.54, 1.807) is 12.7 Å². The van der Waals surface area contributed by atoms with E-state index >= 15 is 0 Å². The van der Waals surface area contributed by atoms with Crippen LogP contribution >= 0.6 is 0 Å². The van der Waals surface area contributed by atoms with Gasteiger partial charge in [0.05, 0.1) is 18.8 Å². The molecule has 2 aliphatic carbocycles. The summed E-state index contributed by atoms with van der Waals surface area (Å²) in [6.45, 7) is 6.72. The monoisotopic (exact) mass is 540 g/mol. The first kappa shape index (κ1) is 31.9. The fourth-order valence-electron chi connectivity index (χ4n) is 7.21. The van der Waals surface area contributed by atoms with Gasteiger partial charge < -0.3 is 14.6 Å². The molecule has 1 N–H and O–H groups in total. The molecule has 2 aliphatic rings. The molecule has 0 spiro atoms. The third kappa shape index (κ3) is 10.7. The zero-order valence-corrected chi connectivity index (χ0v) is 25.0. The number of ether oxygens (including phenoxy) is 2. The number of rotatable bonds is 17. The van der Waals surface area contributed by atoms with Crippen LogP contribution < -0.4 is 0 Å². The van der Waals surface area contributed by atoms with Crippen LogP contribution in [0.2, 0.25) is 0 Å². The number of carbonyl (C=O) groups is 1. The lowest BCUT2D eigenvalue weighted by Crippen LogP contribution is -2.22. The van der Waals surface area contributed by atoms with Crippen molar-refractivity contribution in [2.45, 2.75) is 121 Å². The van der Waals surface area contributed by atoms with Crippen molar-refractivity contribution < 1.29 is 19.4 Å². The number of benzene rings is 1. The molecular formula is C35H56O4. The predicted octanol–water partition coefficient (Wildman–Crippen LogP) is 8.73. The van der Waals surface area contributed by atoms with Crippen LogP contribution in [-0.4, -0.2) is 38.0 Å². The van der Waals surface area contributed by atoms with Crippen molar-refractivity contribution in [1.82, 2.24) is 0 Å². The van der Waals surface area contributed by atoms with Crippen molar-refractivity contribution in [3.63, 3.8) is 0 Å². The maximum Gasteiger partial charge on any atom is 0.335 e. The first-order chi connectivity index (χ1) is 19.0. The Kier molecular flexibility index (Phi) is 14.6. The van der Waals surface area contributed by atoms with Crippen molar-refractivity contribution in [1.29, 1.82) is 0 Å². The fourth-order valence-corrected chi connectivity index (χ4v) is 7.21. The van der Waals surface area contributed by atoms with Crippen LogP contribution in [0.4, 0.5) is 0 Å². The number of methoxy groups -OCH3 is 1. The van der Waals surface area contributed by atoms with Gasteiger partial charge in [0.1, 0.15) is 0 Å². The molecule has 1 atom stereocenters. The van der Waals surface area contributed by atoms with E-state index in [2.05, 4.69) is 37.8 Å². The molecule has 0 aliphatic heterocycles. The SMILES string of the molecule is C=C(CO)C(=O)OCCCC(CCCOC)C1CCC(c2ccc(C3CCC(CCCCC)CC3)cc2)CC1. The second kappa shape index (κ2) is 17.9. The number of hydrogen-bond donors (Lipinski definition) is 1. The molecule has 4 heteroatoms. The Labute approximate surface area is 238 Å². The zero-order valence-electron chi connectivity index (χ0n) is 25.0. The van der Waals surface area contributed by atoms with E-state index in [4.69, 9.17) is 14.6 Å². The van der Waals surface area contributed by atoms with Gasteiger partial charge in [0, 0.05) is 13.7 Å². The predicted molar refractivity (Wildman–Crippen MR) is 161 cm³/mol. The molecule has 39 heavy (non-hydrogen) atoms. The summed E-state index contributed by atoms with van der Waals surface area (Å²) >= 11 is 0. The van der Waals surface area contributed by atoms with Gasteiger partial charge in [-0.15, -0.1) is 0 Å². The second-order valence-electron chi connectivity index (χ2n) is 12.4. The first-order valence-electron chi connectivity index (χ1n) is 16.1. The lowest BCUT2D eigenvalue weighted by atomic mass is 9.71. The van der Waals surface area contributed by atoms with Gasteiger partial charge in [-0.25, -0.2) is 4.79 Å². The molecule has 0 radical (unpaired) electrons. The molecule has 3 rings (SSSR count). The highest BCUT2D eigenvalue weighted by Gasteiger charge is 2.28. The van der Waals surface area contributed by atoms with Crippen molar-refractivity contribution in [3.05, 3.63) is 47.5 Å². The van der Waals surface area contributed by atoms with E-state index in [1.165, 1.54) is 89.0 Å². The van der Waals surface area contributed by atoms with Gasteiger partial charge in [-0.05, 0) is 118 Å². The molecule has 0 heterocycles. The van der Waals surface area contributed by atoms with Crippen molar-refractivity contribution in [2.24, 2.45) is 17.8 Å². The standard InChI is InChI=1S/C35H56O4/c1-4-5-6-9-28-12-14-30(15-13-28)32-20-22-34(23-21-32)33-18-16-31(17-19-33)29(10-7-24-38-3)11-8-25-39-35(37)27(2)26-36/h20-23,28-31,33,36H,2,4-19,24-26H2,1,3H3. The molecule has 4 nitrogen and oxygen atoms in total. The van der Waals surface area contributed by atoms with E-state index < -0.39 is 5.97 Å². The van der Waals surface area contributed by atoms with Gasteiger partial charge in [-0.1, -0.05) is 63.5 Å². The minimum Gasteiger partial charge on any atom is -0.462 e. The molecule has 2 fully saturated rings. The van der Waals surface area contributed by atoms with Gasteiger partial charge in [0.15, 0.2) is 0 Å². The summed E-state index contributed by atoms with van der Waals surface area (Å²) in [5, 5.41) is 9.04. The zero-order chi connectivity index (χ0) is 27.9. The summed E-state index contributed by atoms with van der Waals surface area (Å²) < 4.78 is 10.6. The molecule has 0 aromatic heterocycles. The Morgan fingerprint density at radius 2 is 1.44 bits per heavy atom. The average Bonchev–Trinajstić information content (AvgIpc) is 2.98. The van der Waals surface area contributed by atoms with Gasteiger partial charge in [0.25, 0.3) is 0 Å². The number of esters is 1. The molecule has 1 unspecified atom stereocenters. The molecule has 0 saturated heterocycles. The number of aliphatic hydroxyl groups is 1. The highest BCUT2D eigenvalue weighted by atomic mass is 16.5. The summed E-state index contributed by atoms with van der Waals surface area (Å²) in [6, 6.07) is 9.78. The van der Waals surface area contributed by atoms with E-state index in [0.29, 0.717) is 18.4 Å². The summed E-state index contributed by atoms with van der Waals surface area (Å²) in [6.07, 6.45) is 20.5. The summed E-state index contributed by atoms with van der Waals surface area (Å²) in [5.41, 5.74) is 3.24. The second-order valence-corrected chi connectivity index (χ2v) is 12.4. The van der Waals surface area contributed by atoms with Crippen LogP contribution in [0, 0.1) is 17.8 Å². The van der Waals surface area contributed by atoms with Crippen LogP contribution in [-0.2, 0) is 14.3 Å². The summed E-state index contributed by atoms with van der Waals surface area (Å²) in [7, 11) is 1.78. The molecule has 0 amide bonds. The largest absolute Gasteiger partial charge is 0.462 e. The molecular weight excluding hydrogens is 484 g/mol. The molecule has 1 aromatic carbocycles. The number of carbonyl (C=O) groups excluding carboxylic acids is 1. The lowest BCUT2D eigenvalue weighted by molar-refractivity contribution is -0.139. The van der Waals surface area contributed by atoms with Gasteiger partial charge in [-0.3, -0.25) is 0 Å². The van der Waals surface area contributed by atoms with Gasteiger partial charge in [0.2, 0.25) is 0 Å². The molecule has 2 saturated carbocycles. The quantitative estimate of drug-likeness (QED) is 0.122. The third-order valence-electron chi connectivity index (χ3n) is 9.74. The third-order valence-corrected chi connectivity index (χ3v) is 9.74. The Balaban J connectivity index is 1.43. The van der Waals surface area contributed by atoms with Crippen LogP contribution in [0.15, 0.2) is 36.4 Å². The van der Waals surface area contributed by atoms with Crippen LogP contribution in [0.3, 0.4) is 0 Å². The number of hydrogen-bond acceptors (Lipinski definition) is 4. The average molecular weight is 541 g/mol. The normalized spacial score (nSPS) is 24.3. The highest BCUT2D eigenvalue weighted by Crippen LogP contribution is 2.42. The number of unbranched alkanes of at least 4 members (excludes halogenated alkanes) is 2. The van der Waals surface area contributed by atoms with Gasteiger partial charge >= 0.3 is 5.97 Å². The topological polar surface area (TPSA) is 55.8 Å². The smallest absolute Gasteiger partial charge is 0.335 e. The molecule has 1 aromatic rings. The van der Waals surface area contributed by atoms with Crippen molar-refractivity contribution >= 4 is 5.97 Å². The minimum absolute atomic E-state index is 0.128. The fraction of sp³-hybridized carbons (Fsp3) is 0.743. The van der Waals surface area contributed by atoms with E-state index in [0.717, 1.165) is 43.6 Å². The molecule has 220 valence electrons. The summed E-state index contributed by atoms with van der Waals surface area (Å²) in [4.78, 5) is 11.8. The maximum atomic E-state index is 11.8. The molecule has 0 bridgehead atoms. The maximum absolute atomic E-state index is 11.8. The highest BCUT2D eigenvalue weighted by molar-refractivity contribution is 5.87. The minimum atomic E-state index is -0.477. The van der Waals surface area contributed by atoms with E-state index in [9.17, 15) is 4.79 Å².